The maximum atomic E-state index is 11.2. The molecule has 0 aliphatic carbocycles. The van der Waals surface area contributed by atoms with Crippen LogP contribution in [0.3, 0.4) is 0 Å². The summed E-state index contributed by atoms with van der Waals surface area (Å²) < 4.78 is 5.38. The zero-order chi connectivity index (χ0) is 13.3. The number of hydrogen-bond donors (Lipinski definition) is 1. The number of rotatable bonds is 3. The minimum Gasteiger partial charge on any atom is -0.496 e. The van der Waals surface area contributed by atoms with E-state index < -0.39 is 5.97 Å². The van der Waals surface area contributed by atoms with Crippen LogP contribution in [0.1, 0.15) is 20.8 Å². The Labute approximate surface area is 110 Å². The molecule has 0 saturated heterocycles. The number of carboxylic acid groups (broad SMARTS) is 1. The van der Waals surface area contributed by atoms with Crippen LogP contribution in [0.4, 0.5) is 0 Å². The topological polar surface area (TPSA) is 46.5 Å². The molecule has 3 nitrogen and oxygen atoms in total. The largest absolute Gasteiger partial charge is 0.496 e. The van der Waals surface area contributed by atoms with E-state index in [1.807, 2.05) is 32.0 Å². The minimum absolute atomic E-state index is 0.347. The Morgan fingerprint density at radius 3 is 2.67 bits per heavy atom. The van der Waals surface area contributed by atoms with Crippen LogP contribution in [0.15, 0.2) is 23.6 Å². The van der Waals surface area contributed by atoms with Crippen molar-refractivity contribution in [1.29, 1.82) is 0 Å². The quantitative estimate of drug-likeness (QED) is 0.916. The van der Waals surface area contributed by atoms with Gasteiger partial charge in [-0.15, -0.1) is 11.3 Å². The van der Waals surface area contributed by atoms with E-state index >= 15 is 0 Å². The van der Waals surface area contributed by atoms with Crippen molar-refractivity contribution in [3.05, 3.63) is 39.6 Å². The van der Waals surface area contributed by atoms with Gasteiger partial charge in [-0.05, 0) is 42.5 Å². The van der Waals surface area contributed by atoms with Crippen molar-refractivity contribution in [2.45, 2.75) is 13.8 Å². The average molecular weight is 262 g/mol. The van der Waals surface area contributed by atoms with Gasteiger partial charge >= 0.3 is 5.97 Å². The van der Waals surface area contributed by atoms with Crippen molar-refractivity contribution in [1.82, 2.24) is 0 Å². The van der Waals surface area contributed by atoms with Gasteiger partial charge in [0.2, 0.25) is 0 Å². The molecule has 0 radical (unpaired) electrons. The molecule has 0 atom stereocenters. The van der Waals surface area contributed by atoms with E-state index in [0.717, 1.165) is 22.3 Å². The lowest BCUT2D eigenvalue weighted by atomic mass is 9.98. The lowest BCUT2D eigenvalue weighted by molar-refractivity contribution is 0.0703. The zero-order valence-electron chi connectivity index (χ0n) is 10.5. The molecule has 0 unspecified atom stereocenters. The van der Waals surface area contributed by atoms with Crippen molar-refractivity contribution in [2.24, 2.45) is 0 Å². The molecule has 2 rings (SSSR count). The molecule has 0 amide bonds. The van der Waals surface area contributed by atoms with Gasteiger partial charge in [0.05, 0.1) is 7.11 Å². The van der Waals surface area contributed by atoms with Crippen LogP contribution in [0.25, 0.3) is 11.1 Å². The summed E-state index contributed by atoms with van der Waals surface area (Å²) in [6.45, 7) is 3.96. The van der Waals surface area contributed by atoms with Gasteiger partial charge < -0.3 is 9.84 Å². The molecule has 0 bridgehead atoms. The summed E-state index contributed by atoms with van der Waals surface area (Å²) in [5.41, 5.74) is 3.71. The van der Waals surface area contributed by atoms with E-state index in [4.69, 9.17) is 4.74 Å². The summed E-state index contributed by atoms with van der Waals surface area (Å²) in [5, 5.41) is 11.0. The smallest absolute Gasteiger partial charge is 0.346 e. The van der Waals surface area contributed by atoms with E-state index in [-0.39, 0.29) is 0 Å². The highest BCUT2D eigenvalue weighted by atomic mass is 32.1. The van der Waals surface area contributed by atoms with Crippen molar-refractivity contribution >= 4 is 17.3 Å². The third-order valence-corrected chi connectivity index (χ3v) is 3.69. The lowest BCUT2D eigenvalue weighted by Crippen LogP contribution is -1.98. The molecule has 1 aromatic heterocycles. The summed E-state index contributed by atoms with van der Waals surface area (Å²) in [5.74, 6) is -0.185. The maximum Gasteiger partial charge on any atom is 0.346 e. The number of aromatic carboxylic acids is 1. The highest BCUT2D eigenvalue weighted by Gasteiger charge is 2.18. The highest BCUT2D eigenvalue weighted by molar-refractivity contribution is 7.12. The normalized spacial score (nSPS) is 10.4. The fourth-order valence-corrected chi connectivity index (χ4v) is 2.84. The number of hydrogen-bond acceptors (Lipinski definition) is 3. The third kappa shape index (κ3) is 2.11. The predicted molar refractivity (Wildman–Crippen MR) is 72.7 cm³/mol. The van der Waals surface area contributed by atoms with Crippen LogP contribution in [0.2, 0.25) is 0 Å². The van der Waals surface area contributed by atoms with Gasteiger partial charge in [-0.1, -0.05) is 6.07 Å². The standard InChI is InChI=1S/C14H14O3S/c1-8-6-9(2)12(11(7-8)17-3)10-4-5-18-13(10)14(15)16/h4-7H,1-3H3,(H,15,16). The van der Waals surface area contributed by atoms with E-state index in [1.54, 1.807) is 12.5 Å². The van der Waals surface area contributed by atoms with Crippen molar-refractivity contribution in [3.8, 4) is 16.9 Å². The fraction of sp³-hybridized carbons (Fsp3) is 0.214. The first kappa shape index (κ1) is 12.6. The first-order valence-corrected chi connectivity index (χ1v) is 6.39. The molecule has 94 valence electrons. The minimum atomic E-state index is -0.901. The molecule has 0 spiro atoms. The first-order chi connectivity index (χ1) is 8.54. The van der Waals surface area contributed by atoms with Crippen molar-refractivity contribution in [2.75, 3.05) is 7.11 Å². The second-order valence-corrected chi connectivity index (χ2v) is 5.04. The Morgan fingerprint density at radius 1 is 1.33 bits per heavy atom. The Morgan fingerprint density at radius 2 is 2.06 bits per heavy atom. The molecule has 0 fully saturated rings. The fourth-order valence-electron chi connectivity index (χ4n) is 2.11. The highest BCUT2D eigenvalue weighted by Crippen LogP contribution is 2.38. The number of aryl methyl sites for hydroxylation is 2. The molecule has 4 heteroatoms. The van der Waals surface area contributed by atoms with E-state index in [2.05, 4.69) is 0 Å². The SMILES string of the molecule is COc1cc(C)cc(C)c1-c1ccsc1C(=O)O. The predicted octanol–water partition coefficient (Wildman–Crippen LogP) is 3.74. The van der Waals surface area contributed by atoms with Gasteiger partial charge in [-0.3, -0.25) is 0 Å². The van der Waals surface area contributed by atoms with Gasteiger partial charge in [-0.2, -0.15) is 0 Å². The number of benzene rings is 1. The first-order valence-electron chi connectivity index (χ1n) is 5.51. The lowest BCUT2D eigenvalue weighted by Gasteiger charge is -2.12. The number of ether oxygens (including phenoxy) is 1. The van der Waals surface area contributed by atoms with Gasteiger partial charge in [0.15, 0.2) is 0 Å². The number of thiophene rings is 1. The van der Waals surface area contributed by atoms with Crippen LogP contribution in [-0.4, -0.2) is 18.2 Å². The number of carbonyl (C=O) groups is 1. The van der Waals surface area contributed by atoms with Gasteiger partial charge in [-0.25, -0.2) is 4.79 Å². The Balaban J connectivity index is 2.70. The van der Waals surface area contributed by atoms with E-state index in [0.29, 0.717) is 10.6 Å². The number of carboxylic acids is 1. The van der Waals surface area contributed by atoms with Gasteiger partial charge in [0.25, 0.3) is 0 Å². The Hall–Kier alpha value is -1.81. The monoisotopic (exact) mass is 262 g/mol. The second-order valence-electron chi connectivity index (χ2n) is 4.13. The summed E-state index contributed by atoms with van der Waals surface area (Å²) in [6, 6.07) is 5.78. The molecule has 18 heavy (non-hydrogen) atoms. The van der Waals surface area contributed by atoms with Crippen LogP contribution in [0, 0.1) is 13.8 Å². The number of methoxy groups -OCH3 is 1. The molecule has 0 saturated carbocycles. The third-order valence-electron chi connectivity index (χ3n) is 2.79. The molecule has 1 aromatic carbocycles. The molecule has 0 aliphatic heterocycles. The van der Waals surface area contributed by atoms with Crippen molar-refractivity contribution < 1.29 is 14.6 Å². The van der Waals surface area contributed by atoms with Gasteiger partial charge in [0.1, 0.15) is 10.6 Å². The molecule has 1 N–H and O–H groups in total. The van der Waals surface area contributed by atoms with Crippen LogP contribution >= 0.6 is 11.3 Å². The molecule has 0 aliphatic rings. The molecular formula is C14H14O3S. The van der Waals surface area contributed by atoms with E-state index in [1.165, 1.54) is 11.3 Å². The summed E-state index contributed by atoms with van der Waals surface area (Å²) >= 11 is 1.23. The van der Waals surface area contributed by atoms with Gasteiger partial charge in [0, 0.05) is 11.1 Å². The van der Waals surface area contributed by atoms with Crippen LogP contribution in [-0.2, 0) is 0 Å². The molecular weight excluding hydrogens is 248 g/mol. The Bertz CT molecular complexity index is 599. The van der Waals surface area contributed by atoms with Crippen LogP contribution in [0.5, 0.6) is 5.75 Å². The maximum absolute atomic E-state index is 11.2. The zero-order valence-corrected chi connectivity index (χ0v) is 11.3. The van der Waals surface area contributed by atoms with Crippen molar-refractivity contribution in [3.63, 3.8) is 0 Å². The Kier molecular flexibility index (Phi) is 3.39. The summed E-state index contributed by atoms with van der Waals surface area (Å²) in [4.78, 5) is 11.6. The molecule has 2 aromatic rings. The van der Waals surface area contributed by atoms with E-state index in [9.17, 15) is 9.90 Å². The second kappa shape index (κ2) is 4.82. The van der Waals surface area contributed by atoms with Crippen LogP contribution < -0.4 is 4.74 Å². The summed E-state index contributed by atoms with van der Waals surface area (Å²) in [7, 11) is 1.60. The molecule has 1 heterocycles. The summed E-state index contributed by atoms with van der Waals surface area (Å²) in [6.07, 6.45) is 0. The average Bonchev–Trinajstić information content (AvgIpc) is 2.76.